The summed E-state index contributed by atoms with van der Waals surface area (Å²) in [5, 5.41) is 12.4. The van der Waals surface area contributed by atoms with E-state index in [-0.39, 0.29) is 0 Å². The van der Waals surface area contributed by atoms with Gasteiger partial charge in [0.15, 0.2) is 0 Å². The first-order valence-corrected chi connectivity index (χ1v) is 7.05. The van der Waals surface area contributed by atoms with Crippen LogP contribution in [0.15, 0.2) is 30.7 Å². The Bertz CT molecular complexity index is 627. The largest absolute Gasteiger partial charge is 0.495 e. The second-order valence-corrected chi connectivity index (χ2v) is 4.79. The molecular formula is C16H20N4O. The number of imidazole rings is 1. The number of methoxy groups -OCH3 is 1. The summed E-state index contributed by atoms with van der Waals surface area (Å²) in [5.41, 5.74) is 2.69. The number of hydrogen-bond donors (Lipinski definition) is 1. The van der Waals surface area contributed by atoms with Crippen molar-refractivity contribution in [1.82, 2.24) is 14.9 Å². The third-order valence-corrected chi connectivity index (χ3v) is 3.24. The van der Waals surface area contributed by atoms with Crippen molar-refractivity contribution in [2.75, 3.05) is 20.2 Å². The van der Waals surface area contributed by atoms with Gasteiger partial charge < -0.3 is 14.6 Å². The monoisotopic (exact) mass is 284 g/mol. The summed E-state index contributed by atoms with van der Waals surface area (Å²) in [7, 11) is 1.57. The van der Waals surface area contributed by atoms with Crippen LogP contribution in [0.25, 0.3) is 0 Å². The molecule has 0 saturated carbocycles. The highest BCUT2D eigenvalue weighted by Gasteiger charge is 2.05. The van der Waals surface area contributed by atoms with E-state index < -0.39 is 0 Å². The van der Waals surface area contributed by atoms with Crippen molar-refractivity contribution in [3.8, 4) is 11.8 Å². The fourth-order valence-electron chi connectivity index (χ4n) is 2.17. The van der Waals surface area contributed by atoms with Crippen molar-refractivity contribution >= 4 is 0 Å². The number of hydrogen-bond acceptors (Lipinski definition) is 4. The molecule has 0 fully saturated rings. The third-order valence-electron chi connectivity index (χ3n) is 3.24. The first kappa shape index (κ1) is 15.1. The van der Waals surface area contributed by atoms with E-state index in [1.807, 2.05) is 35.3 Å². The minimum Gasteiger partial charge on any atom is -0.495 e. The molecule has 1 aromatic heterocycles. The molecule has 0 bridgehead atoms. The molecule has 0 atom stereocenters. The van der Waals surface area contributed by atoms with Crippen LogP contribution in [0, 0.1) is 11.3 Å². The molecule has 0 aliphatic carbocycles. The van der Waals surface area contributed by atoms with E-state index in [4.69, 9.17) is 10.00 Å². The number of aromatic nitrogens is 2. The van der Waals surface area contributed by atoms with Crippen molar-refractivity contribution in [2.24, 2.45) is 0 Å². The quantitative estimate of drug-likeness (QED) is 0.790. The van der Waals surface area contributed by atoms with Crippen LogP contribution < -0.4 is 10.1 Å². The number of ether oxygens (including phenoxy) is 1. The highest BCUT2D eigenvalue weighted by atomic mass is 16.5. The summed E-state index contributed by atoms with van der Waals surface area (Å²) >= 11 is 0. The lowest BCUT2D eigenvalue weighted by molar-refractivity contribution is 0.413. The molecule has 2 rings (SSSR count). The van der Waals surface area contributed by atoms with E-state index >= 15 is 0 Å². The fourth-order valence-corrected chi connectivity index (χ4v) is 2.17. The van der Waals surface area contributed by atoms with Crippen LogP contribution in [-0.2, 0) is 13.0 Å². The first-order valence-electron chi connectivity index (χ1n) is 7.05. The summed E-state index contributed by atoms with van der Waals surface area (Å²) in [4.78, 5) is 4.39. The van der Waals surface area contributed by atoms with Gasteiger partial charge in [-0.3, -0.25) is 0 Å². The lowest BCUT2D eigenvalue weighted by atomic mass is 10.1. The highest BCUT2D eigenvalue weighted by molar-refractivity contribution is 5.45. The number of nitrogens with zero attached hydrogens (tertiary/aromatic N) is 3. The molecule has 0 aliphatic rings. The molecule has 0 spiro atoms. The maximum Gasteiger partial charge on any atom is 0.136 e. The Kier molecular flexibility index (Phi) is 5.35. The molecule has 0 saturated heterocycles. The average Bonchev–Trinajstić information content (AvgIpc) is 2.95. The molecule has 1 N–H and O–H groups in total. The normalized spacial score (nSPS) is 10.3. The van der Waals surface area contributed by atoms with E-state index in [1.54, 1.807) is 7.11 Å². The van der Waals surface area contributed by atoms with E-state index in [0.29, 0.717) is 17.9 Å². The van der Waals surface area contributed by atoms with Crippen LogP contribution in [0.1, 0.15) is 23.7 Å². The SMILES string of the molecule is CCNCCc1cn(Cc2ccc(OC)c(C#N)c2)cn1. The Balaban J connectivity index is 2.03. The number of benzene rings is 1. The zero-order valence-electron chi connectivity index (χ0n) is 12.5. The molecule has 2 aromatic rings. The topological polar surface area (TPSA) is 62.9 Å². The predicted octanol–water partition coefficient (Wildman–Crippen LogP) is 1.96. The minimum absolute atomic E-state index is 0.558. The Hall–Kier alpha value is -2.32. The number of nitrogens with one attached hydrogen (secondary N) is 1. The Morgan fingerprint density at radius 2 is 2.29 bits per heavy atom. The zero-order valence-corrected chi connectivity index (χ0v) is 12.5. The standard InChI is InChI=1S/C16H20N4O/c1-3-18-7-6-15-11-20(12-19-15)10-13-4-5-16(21-2)14(8-13)9-17/h4-5,8,11-12,18H,3,6-7,10H2,1-2H3. The van der Waals surface area contributed by atoms with Gasteiger partial charge in [-0.1, -0.05) is 13.0 Å². The van der Waals surface area contributed by atoms with Crippen LogP contribution >= 0.6 is 0 Å². The lowest BCUT2D eigenvalue weighted by Crippen LogP contribution is -2.16. The van der Waals surface area contributed by atoms with Gasteiger partial charge in [0.2, 0.25) is 0 Å². The van der Waals surface area contributed by atoms with Gasteiger partial charge in [0.1, 0.15) is 11.8 Å². The highest BCUT2D eigenvalue weighted by Crippen LogP contribution is 2.19. The molecule has 0 amide bonds. The van der Waals surface area contributed by atoms with Crippen molar-refractivity contribution in [3.05, 3.63) is 47.5 Å². The average molecular weight is 284 g/mol. The van der Waals surface area contributed by atoms with Gasteiger partial charge in [0.25, 0.3) is 0 Å². The summed E-state index contributed by atoms with van der Waals surface area (Å²) < 4.78 is 7.18. The van der Waals surface area contributed by atoms with Gasteiger partial charge in [-0.2, -0.15) is 5.26 Å². The molecular weight excluding hydrogens is 264 g/mol. The van der Waals surface area contributed by atoms with Gasteiger partial charge >= 0.3 is 0 Å². The van der Waals surface area contributed by atoms with Crippen LogP contribution in [0.2, 0.25) is 0 Å². The molecule has 5 heteroatoms. The van der Waals surface area contributed by atoms with Crippen LogP contribution in [0.3, 0.4) is 0 Å². The predicted molar refractivity (Wildman–Crippen MR) is 81.3 cm³/mol. The van der Waals surface area contributed by atoms with Crippen molar-refractivity contribution in [2.45, 2.75) is 19.9 Å². The zero-order chi connectivity index (χ0) is 15.1. The molecule has 0 radical (unpaired) electrons. The molecule has 0 unspecified atom stereocenters. The summed E-state index contributed by atoms with van der Waals surface area (Å²) in [6.07, 6.45) is 4.80. The Morgan fingerprint density at radius 1 is 1.43 bits per heavy atom. The van der Waals surface area contributed by atoms with Crippen LogP contribution in [0.4, 0.5) is 0 Å². The smallest absolute Gasteiger partial charge is 0.136 e. The van der Waals surface area contributed by atoms with Crippen LogP contribution in [0.5, 0.6) is 5.75 Å². The second-order valence-electron chi connectivity index (χ2n) is 4.79. The summed E-state index contributed by atoms with van der Waals surface area (Å²) in [6, 6.07) is 7.81. The van der Waals surface area contributed by atoms with Gasteiger partial charge in [-0.25, -0.2) is 4.98 Å². The van der Waals surface area contributed by atoms with E-state index in [0.717, 1.165) is 30.8 Å². The lowest BCUT2D eigenvalue weighted by Gasteiger charge is -2.06. The fraction of sp³-hybridized carbons (Fsp3) is 0.375. The Morgan fingerprint density at radius 3 is 3.00 bits per heavy atom. The maximum absolute atomic E-state index is 9.11. The Labute approximate surface area is 125 Å². The van der Waals surface area contributed by atoms with Crippen molar-refractivity contribution in [1.29, 1.82) is 5.26 Å². The second kappa shape index (κ2) is 7.46. The maximum atomic E-state index is 9.11. The summed E-state index contributed by atoms with van der Waals surface area (Å²) in [5.74, 6) is 0.609. The number of nitriles is 1. The molecule has 1 aromatic carbocycles. The number of likely N-dealkylation sites (N-methyl/N-ethyl adjacent to an activating group) is 1. The van der Waals surface area contributed by atoms with E-state index in [9.17, 15) is 0 Å². The van der Waals surface area contributed by atoms with E-state index in [2.05, 4.69) is 23.3 Å². The van der Waals surface area contributed by atoms with Gasteiger partial charge in [0, 0.05) is 25.7 Å². The third kappa shape index (κ3) is 4.07. The molecule has 0 aliphatic heterocycles. The first-order chi connectivity index (χ1) is 10.3. The van der Waals surface area contributed by atoms with Crippen LogP contribution in [-0.4, -0.2) is 29.8 Å². The minimum atomic E-state index is 0.558. The van der Waals surface area contributed by atoms with Gasteiger partial charge in [-0.15, -0.1) is 0 Å². The molecule has 21 heavy (non-hydrogen) atoms. The summed E-state index contributed by atoms with van der Waals surface area (Å²) in [6.45, 7) is 4.71. The van der Waals surface area contributed by atoms with E-state index in [1.165, 1.54) is 0 Å². The molecule has 110 valence electrons. The molecule has 1 heterocycles. The van der Waals surface area contributed by atoms with Gasteiger partial charge in [-0.05, 0) is 24.2 Å². The van der Waals surface area contributed by atoms with Gasteiger partial charge in [0.05, 0.1) is 24.7 Å². The van der Waals surface area contributed by atoms with Crippen molar-refractivity contribution in [3.63, 3.8) is 0 Å². The molecule has 5 nitrogen and oxygen atoms in total. The van der Waals surface area contributed by atoms with Crippen molar-refractivity contribution < 1.29 is 4.74 Å². The number of rotatable bonds is 7.